The van der Waals surface area contributed by atoms with E-state index in [1.165, 1.54) is 17.7 Å². The van der Waals surface area contributed by atoms with Crippen molar-refractivity contribution in [2.45, 2.75) is 37.6 Å². The highest BCUT2D eigenvalue weighted by Crippen LogP contribution is 2.36. The van der Waals surface area contributed by atoms with Crippen molar-refractivity contribution >= 4 is 5.91 Å². The average molecular weight is 385 g/mol. The van der Waals surface area contributed by atoms with Gasteiger partial charge >= 0.3 is 0 Å². The molecular formula is C22H25F2N3O. The first-order valence-electron chi connectivity index (χ1n) is 9.71. The van der Waals surface area contributed by atoms with Crippen molar-refractivity contribution < 1.29 is 13.6 Å². The number of nitrogens with zero attached hydrogens (tertiary/aromatic N) is 1. The number of nitrogens with one attached hydrogen (secondary N) is 1. The number of hydrogen-bond acceptors (Lipinski definition) is 3. The van der Waals surface area contributed by atoms with E-state index in [2.05, 4.69) is 11.4 Å². The summed E-state index contributed by atoms with van der Waals surface area (Å²) in [6.45, 7) is 2.38. The molecule has 0 aromatic heterocycles. The van der Waals surface area contributed by atoms with Crippen molar-refractivity contribution in [3.8, 4) is 0 Å². The molecule has 2 aliphatic rings. The smallest absolute Gasteiger partial charge is 0.242 e. The molecule has 148 valence electrons. The summed E-state index contributed by atoms with van der Waals surface area (Å²) in [5.74, 6) is -0.465. The van der Waals surface area contributed by atoms with Gasteiger partial charge in [0.15, 0.2) is 0 Å². The number of hydrogen-bond donors (Lipinski definition) is 2. The number of benzene rings is 2. The summed E-state index contributed by atoms with van der Waals surface area (Å²) in [7, 11) is 0. The van der Waals surface area contributed by atoms with E-state index in [0.29, 0.717) is 5.56 Å². The van der Waals surface area contributed by atoms with Crippen LogP contribution in [0.5, 0.6) is 0 Å². The van der Waals surface area contributed by atoms with Crippen LogP contribution in [0.1, 0.15) is 35.7 Å². The number of amides is 1. The third kappa shape index (κ3) is 3.54. The Bertz CT molecular complexity index is 851. The van der Waals surface area contributed by atoms with Gasteiger partial charge < -0.3 is 11.1 Å². The lowest BCUT2D eigenvalue weighted by molar-refractivity contribution is -0.131. The van der Waals surface area contributed by atoms with Crippen LogP contribution in [0.25, 0.3) is 0 Å². The fraction of sp³-hybridized carbons (Fsp3) is 0.409. The maximum Gasteiger partial charge on any atom is 0.242 e. The molecule has 28 heavy (non-hydrogen) atoms. The van der Waals surface area contributed by atoms with Gasteiger partial charge in [-0.3, -0.25) is 9.69 Å². The first-order valence-corrected chi connectivity index (χ1v) is 9.71. The molecule has 4 rings (SSSR count). The first-order chi connectivity index (χ1) is 13.4. The minimum atomic E-state index is -0.925. The Hall–Kier alpha value is -2.31. The largest absolute Gasteiger partial charge is 0.352 e. The Morgan fingerprint density at radius 3 is 2.50 bits per heavy atom. The number of halogens is 2. The van der Waals surface area contributed by atoms with Crippen LogP contribution in [-0.4, -0.2) is 36.1 Å². The van der Waals surface area contributed by atoms with Gasteiger partial charge in [0, 0.05) is 31.1 Å². The third-order valence-corrected chi connectivity index (χ3v) is 6.01. The van der Waals surface area contributed by atoms with E-state index >= 15 is 0 Å². The Morgan fingerprint density at radius 2 is 1.86 bits per heavy atom. The highest BCUT2D eigenvalue weighted by atomic mass is 19.1. The van der Waals surface area contributed by atoms with Gasteiger partial charge in [0.25, 0.3) is 0 Å². The van der Waals surface area contributed by atoms with Gasteiger partial charge in [-0.2, -0.15) is 0 Å². The topological polar surface area (TPSA) is 58.4 Å². The van der Waals surface area contributed by atoms with Gasteiger partial charge in [0.05, 0.1) is 0 Å². The summed E-state index contributed by atoms with van der Waals surface area (Å²) in [6.07, 6.45) is -0.109. The molecule has 1 aliphatic heterocycles. The van der Waals surface area contributed by atoms with Gasteiger partial charge in [0.2, 0.25) is 5.91 Å². The molecule has 4 nitrogen and oxygen atoms in total. The summed E-state index contributed by atoms with van der Waals surface area (Å²) in [5.41, 5.74) is 9.45. The highest BCUT2D eigenvalue weighted by molar-refractivity contribution is 5.83. The molecule has 0 spiro atoms. The molecule has 6 heteroatoms. The minimum absolute atomic E-state index is 0.0977. The van der Waals surface area contributed by atoms with Crippen molar-refractivity contribution in [3.63, 3.8) is 0 Å². The van der Waals surface area contributed by atoms with E-state index in [9.17, 15) is 13.6 Å². The van der Waals surface area contributed by atoms with Crippen molar-refractivity contribution in [2.24, 2.45) is 11.7 Å². The molecule has 1 aliphatic carbocycles. The molecule has 1 unspecified atom stereocenters. The van der Waals surface area contributed by atoms with E-state index in [1.807, 2.05) is 25.1 Å². The SMILES string of the molecule is C[C@H](NC(=O)C(c1ccc(F)cc1)N1CC(F)C1)[C@H]1Cc2ccccc2[C@@H]1N. The Morgan fingerprint density at radius 1 is 1.18 bits per heavy atom. The van der Waals surface area contributed by atoms with Crippen molar-refractivity contribution in [1.29, 1.82) is 0 Å². The molecule has 1 saturated heterocycles. The number of carbonyl (C=O) groups is 1. The molecule has 0 bridgehead atoms. The van der Waals surface area contributed by atoms with Crippen LogP contribution in [0.4, 0.5) is 8.78 Å². The number of carbonyl (C=O) groups excluding carboxylic acids is 1. The number of fused-ring (bicyclic) bond motifs is 1. The minimum Gasteiger partial charge on any atom is -0.352 e. The van der Waals surface area contributed by atoms with Crippen molar-refractivity contribution in [3.05, 3.63) is 71.0 Å². The zero-order valence-electron chi connectivity index (χ0n) is 15.8. The second-order valence-electron chi connectivity index (χ2n) is 7.90. The van der Waals surface area contributed by atoms with E-state index in [4.69, 9.17) is 5.73 Å². The zero-order chi connectivity index (χ0) is 19.8. The molecule has 1 amide bonds. The Balaban J connectivity index is 1.49. The molecule has 0 saturated carbocycles. The standard InChI is InChI=1S/C22H25F2N3O/c1-13(19-10-15-4-2-3-5-18(15)20(19)25)26-22(28)21(27-11-17(24)12-27)14-6-8-16(23)9-7-14/h2-9,13,17,19-21H,10-12,25H2,1H3,(H,26,28)/t13-,19+,20-,21?/m0/s1. The molecule has 0 radical (unpaired) electrons. The molecular weight excluding hydrogens is 360 g/mol. The predicted molar refractivity (Wildman–Crippen MR) is 104 cm³/mol. The summed E-state index contributed by atoms with van der Waals surface area (Å²) >= 11 is 0. The second kappa shape index (κ2) is 7.60. The van der Waals surface area contributed by atoms with E-state index in [1.54, 1.807) is 17.0 Å². The van der Waals surface area contributed by atoms with Crippen molar-refractivity contribution in [1.82, 2.24) is 10.2 Å². The van der Waals surface area contributed by atoms with Crippen molar-refractivity contribution in [2.75, 3.05) is 13.1 Å². The lowest BCUT2D eigenvalue weighted by atomic mass is 9.93. The van der Waals surface area contributed by atoms with E-state index in [0.717, 1.165) is 12.0 Å². The zero-order valence-corrected chi connectivity index (χ0v) is 15.8. The van der Waals surface area contributed by atoms with Gasteiger partial charge in [-0.15, -0.1) is 0 Å². The van der Waals surface area contributed by atoms with Gasteiger partial charge in [-0.25, -0.2) is 8.78 Å². The second-order valence-corrected chi connectivity index (χ2v) is 7.90. The molecule has 2 aromatic rings. The Labute approximate surface area is 163 Å². The molecule has 2 aromatic carbocycles. The van der Waals surface area contributed by atoms with Crippen LogP contribution in [0.3, 0.4) is 0 Å². The third-order valence-electron chi connectivity index (χ3n) is 6.01. The fourth-order valence-electron chi connectivity index (χ4n) is 4.39. The number of likely N-dealkylation sites (tertiary alicyclic amines) is 1. The lowest BCUT2D eigenvalue weighted by Gasteiger charge is -2.40. The number of alkyl halides is 1. The average Bonchev–Trinajstić information content (AvgIpc) is 2.99. The fourth-order valence-corrected chi connectivity index (χ4v) is 4.39. The van der Waals surface area contributed by atoms with Gasteiger partial charge in [-0.1, -0.05) is 36.4 Å². The molecule has 3 N–H and O–H groups in total. The Kier molecular flexibility index (Phi) is 5.17. The normalized spacial score (nSPS) is 24.3. The van der Waals surface area contributed by atoms with E-state index < -0.39 is 12.2 Å². The molecule has 1 fully saturated rings. The monoisotopic (exact) mass is 385 g/mol. The molecule has 1 heterocycles. The first kappa shape index (κ1) is 19.0. The highest BCUT2D eigenvalue weighted by Gasteiger charge is 2.39. The number of nitrogens with two attached hydrogens (primary N) is 1. The summed E-state index contributed by atoms with van der Waals surface area (Å²) < 4.78 is 26.7. The van der Waals surface area contributed by atoms with Crippen LogP contribution >= 0.6 is 0 Å². The maximum absolute atomic E-state index is 13.4. The maximum atomic E-state index is 13.4. The summed E-state index contributed by atoms with van der Waals surface area (Å²) in [6, 6.07) is 13.0. The lowest BCUT2D eigenvalue weighted by Crippen LogP contribution is -2.55. The van der Waals surface area contributed by atoms with Gasteiger partial charge in [-0.05, 0) is 42.2 Å². The van der Waals surface area contributed by atoms with Crippen LogP contribution in [0.2, 0.25) is 0 Å². The summed E-state index contributed by atoms with van der Waals surface area (Å²) in [4.78, 5) is 14.9. The molecule has 4 atom stereocenters. The van der Waals surface area contributed by atoms with Crippen LogP contribution in [-0.2, 0) is 11.2 Å². The predicted octanol–water partition coefficient (Wildman–Crippen LogP) is 2.90. The van der Waals surface area contributed by atoms with Crippen LogP contribution in [0.15, 0.2) is 48.5 Å². The number of rotatable bonds is 5. The van der Waals surface area contributed by atoms with Crippen LogP contribution in [0, 0.1) is 11.7 Å². The van der Waals surface area contributed by atoms with Crippen LogP contribution < -0.4 is 11.1 Å². The summed E-state index contributed by atoms with van der Waals surface area (Å²) in [5, 5.41) is 3.09. The van der Waals surface area contributed by atoms with E-state index in [-0.39, 0.29) is 42.8 Å². The quantitative estimate of drug-likeness (QED) is 0.832. The van der Waals surface area contributed by atoms with Gasteiger partial charge in [0.1, 0.15) is 18.0 Å².